The van der Waals surface area contributed by atoms with E-state index in [2.05, 4.69) is 44.8 Å². The minimum atomic E-state index is -0.0845. The number of nitrogens with one attached hydrogen (secondary N) is 3. The molecule has 1 aromatic heterocycles. The molecule has 5 heteroatoms. The first-order chi connectivity index (χ1) is 10.8. The van der Waals surface area contributed by atoms with Crippen molar-refractivity contribution in [3.8, 4) is 0 Å². The van der Waals surface area contributed by atoms with Crippen molar-refractivity contribution in [3.63, 3.8) is 0 Å². The highest BCUT2D eigenvalue weighted by Crippen LogP contribution is 2.19. The van der Waals surface area contributed by atoms with Crippen molar-refractivity contribution >= 4 is 16.8 Å². The number of carbonyl (C=O) groups is 1. The first-order valence-electron chi connectivity index (χ1n) is 8.11. The van der Waals surface area contributed by atoms with Crippen LogP contribution in [0.1, 0.15) is 18.5 Å². The van der Waals surface area contributed by atoms with E-state index in [1.54, 1.807) is 0 Å². The molecule has 116 valence electrons. The van der Waals surface area contributed by atoms with Gasteiger partial charge >= 0.3 is 0 Å². The van der Waals surface area contributed by atoms with Crippen LogP contribution in [0.4, 0.5) is 0 Å². The summed E-state index contributed by atoms with van der Waals surface area (Å²) < 4.78 is 0. The molecule has 0 radical (unpaired) electrons. The Morgan fingerprint density at radius 1 is 1.32 bits per heavy atom. The molecule has 0 bridgehead atoms. The predicted molar refractivity (Wildman–Crippen MR) is 86.5 cm³/mol. The van der Waals surface area contributed by atoms with Gasteiger partial charge in [-0.15, -0.1) is 0 Å². The molecule has 22 heavy (non-hydrogen) atoms. The van der Waals surface area contributed by atoms with Crippen molar-refractivity contribution in [2.75, 3.05) is 19.6 Å². The van der Waals surface area contributed by atoms with Crippen LogP contribution in [-0.2, 0) is 11.3 Å². The number of aromatic nitrogens is 1. The summed E-state index contributed by atoms with van der Waals surface area (Å²) in [4.78, 5) is 18.0. The molecule has 1 aromatic carbocycles. The lowest BCUT2D eigenvalue weighted by Gasteiger charge is -2.32. The number of para-hydroxylation sites is 1. The van der Waals surface area contributed by atoms with Crippen molar-refractivity contribution in [1.29, 1.82) is 0 Å². The summed E-state index contributed by atoms with van der Waals surface area (Å²) in [6.45, 7) is 3.48. The Bertz CT molecular complexity index is 643. The molecule has 4 rings (SSSR count). The molecule has 2 aliphatic rings. The van der Waals surface area contributed by atoms with Crippen LogP contribution in [0.2, 0.25) is 0 Å². The Labute approximate surface area is 130 Å². The highest BCUT2D eigenvalue weighted by molar-refractivity contribution is 5.82. The second kappa shape index (κ2) is 5.74. The third-order valence-electron chi connectivity index (χ3n) is 4.48. The summed E-state index contributed by atoms with van der Waals surface area (Å²) >= 11 is 0. The van der Waals surface area contributed by atoms with Gasteiger partial charge in [0.05, 0.1) is 6.04 Å². The molecule has 1 aliphatic carbocycles. The van der Waals surface area contributed by atoms with Gasteiger partial charge in [0, 0.05) is 43.4 Å². The van der Waals surface area contributed by atoms with Crippen LogP contribution in [0.15, 0.2) is 30.3 Å². The van der Waals surface area contributed by atoms with E-state index < -0.39 is 0 Å². The quantitative estimate of drug-likeness (QED) is 0.795. The molecule has 1 amide bonds. The summed E-state index contributed by atoms with van der Waals surface area (Å²) in [5, 5.41) is 7.67. The van der Waals surface area contributed by atoms with E-state index in [9.17, 15) is 4.79 Å². The van der Waals surface area contributed by atoms with Crippen molar-refractivity contribution in [2.24, 2.45) is 0 Å². The number of hydrogen-bond acceptors (Lipinski definition) is 3. The van der Waals surface area contributed by atoms with Gasteiger partial charge in [0.2, 0.25) is 5.91 Å². The Hall–Kier alpha value is -1.85. The molecular weight excluding hydrogens is 276 g/mol. The van der Waals surface area contributed by atoms with Crippen molar-refractivity contribution in [3.05, 3.63) is 36.0 Å². The number of piperazine rings is 1. The highest BCUT2D eigenvalue weighted by atomic mass is 16.2. The van der Waals surface area contributed by atoms with Crippen molar-refractivity contribution in [2.45, 2.75) is 31.5 Å². The van der Waals surface area contributed by atoms with E-state index >= 15 is 0 Å². The maximum absolute atomic E-state index is 12.2. The fraction of sp³-hybridized carbons (Fsp3) is 0.471. The molecule has 1 saturated heterocycles. The van der Waals surface area contributed by atoms with E-state index in [-0.39, 0.29) is 11.9 Å². The van der Waals surface area contributed by atoms with Crippen molar-refractivity contribution in [1.82, 2.24) is 20.5 Å². The number of amides is 1. The van der Waals surface area contributed by atoms with Crippen molar-refractivity contribution < 1.29 is 4.79 Å². The largest absolute Gasteiger partial charge is 0.357 e. The zero-order valence-electron chi connectivity index (χ0n) is 12.6. The lowest BCUT2D eigenvalue weighted by molar-refractivity contribution is -0.124. The molecule has 3 N–H and O–H groups in total. The highest BCUT2D eigenvalue weighted by Gasteiger charge is 2.30. The summed E-state index contributed by atoms with van der Waals surface area (Å²) in [6.07, 6.45) is 2.27. The lowest BCUT2D eigenvalue weighted by Crippen LogP contribution is -2.57. The number of carbonyl (C=O) groups excluding carboxylic acids is 1. The maximum atomic E-state index is 12.2. The summed E-state index contributed by atoms with van der Waals surface area (Å²) in [5.74, 6) is 0.156. The second-order valence-corrected chi connectivity index (χ2v) is 6.41. The summed E-state index contributed by atoms with van der Waals surface area (Å²) in [5.41, 5.74) is 2.39. The molecule has 1 saturated carbocycles. The molecule has 2 aromatic rings. The summed E-state index contributed by atoms with van der Waals surface area (Å²) in [6, 6.07) is 10.9. The van der Waals surface area contributed by atoms with E-state index in [0.717, 1.165) is 39.0 Å². The number of benzene rings is 1. The maximum Gasteiger partial charge on any atom is 0.238 e. The smallest absolute Gasteiger partial charge is 0.238 e. The van der Waals surface area contributed by atoms with Crippen LogP contribution >= 0.6 is 0 Å². The number of H-pyrrole nitrogens is 1. The lowest BCUT2D eigenvalue weighted by atomic mass is 10.2. The topological polar surface area (TPSA) is 60.2 Å². The predicted octanol–water partition coefficient (Wildman–Crippen LogP) is 1.22. The van der Waals surface area contributed by atoms with Gasteiger partial charge < -0.3 is 15.6 Å². The number of hydrogen-bond donors (Lipinski definition) is 3. The zero-order valence-corrected chi connectivity index (χ0v) is 12.6. The molecule has 1 atom stereocenters. The van der Waals surface area contributed by atoms with Crippen LogP contribution in [0.5, 0.6) is 0 Å². The van der Waals surface area contributed by atoms with Gasteiger partial charge in [0.25, 0.3) is 0 Å². The van der Waals surface area contributed by atoms with Crippen LogP contribution in [0.25, 0.3) is 10.9 Å². The monoisotopic (exact) mass is 298 g/mol. The molecule has 2 fully saturated rings. The minimum absolute atomic E-state index is 0.0845. The Balaban J connectivity index is 1.40. The van der Waals surface area contributed by atoms with Gasteiger partial charge in [-0.3, -0.25) is 9.69 Å². The standard InChI is InChI=1S/C17H22N4O/c22-17(20-13-5-6-13)16-11-21(8-7-18-16)10-14-9-12-3-1-2-4-15(12)19-14/h1-4,9,13,16,18-19H,5-8,10-11H2,(H,20,22)/t16-/m0/s1. The van der Waals surface area contributed by atoms with Crippen LogP contribution in [-0.4, -0.2) is 47.5 Å². The summed E-state index contributed by atoms with van der Waals surface area (Å²) in [7, 11) is 0. The third kappa shape index (κ3) is 3.00. The normalized spacial score (nSPS) is 22.8. The SMILES string of the molecule is O=C(NC1CC1)[C@@H]1CN(Cc2cc3ccccc3[nH]2)CCN1. The van der Waals surface area contributed by atoms with E-state index in [1.807, 2.05) is 6.07 Å². The van der Waals surface area contributed by atoms with Crippen LogP contribution in [0.3, 0.4) is 0 Å². The third-order valence-corrected chi connectivity index (χ3v) is 4.48. The van der Waals surface area contributed by atoms with Gasteiger partial charge in [-0.25, -0.2) is 0 Å². The zero-order chi connectivity index (χ0) is 14.9. The number of nitrogens with zero attached hydrogens (tertiary/aromatic N) is 1. The molecule has 5 nitrogen and oxygen atoms in total. The first kappa shape index (κ1) is 13.8. The van der Waals surface area contributed by atoms with Gasteiger partial charge in [0.15, 0.2) is 0 Å². The number of fused-ring (bicyclic) bond motifs is 1. The van der Waals surface area contributed by atoms with Crippen LogP contribution < -0.4 is 10.6 Å². The number of rotatable bonds is 4. The van der Waals surface area contributed by atoms with E-state index in [0.29, 0.717) is 6.04 Å². The fourth-order valence-corrected chi connectivity index (χ4v) is 3.12. The van der Waals surface area contributed by atoms with Gasteiger partial charge in [-0.1, -0.05) is 18.2 Å². The molecule has 0 spiro atoms. The average Bonchev–Trinajstić information content (AvgIpc) is 3.24. The molecule has 1 aliphatic heterocycles. The first-order valence-corrected chi connectivity index (χ1v) is 8.11. The van der Waals surface area contributed by atoms with Gasteiger partial charge in [-0.2, -0.15) is 0 Å². The second-order valence-electron chi connectivity index (χ2n) is 6.41. The average molecular weight is 298 g/mol. The van der Waals surface area contributed by atoms with E-state index in [1.165, 1.54) is 16.6 Å². The molecular formula is C17H22N4O. The van der Waals surface area contributed by atoms with E-state index in [4.69, 9.17) is 0 Å². The Morgan fingerprint density at radius 3 is 3.00 bits per heavy atom. The molecule has 0 unspecified atom stereocenters. The van der Waals surface area contributed by atoms with Crippen LogP contribution in [0, 0.1) is 0 Å². The number of aromatic amines is 1. The Kier molecular flexibility index (Phi) is 3.60. The van der Waals surface area contributed by atoms with Gasteiger partial charge in [0.1, 0.15) is 0 Å². The van der Waals surface area contributed by atoms with Gasteiger partial charge in [-0.05, 0) is 30.4 Å². The minimum Gasteiger partial charge on any atom is -0.357 e. The fourth-order valence-electron chi connectivity index (χ4n) is 3.12. The molecule has 2 heterocycles. The Morgan fingerprint density at radius 2 is 2.18 bits per heavy atom.